The molecule has 0 spiro atoms. The van der Waals surface area contributed by atoms with Crippen LogP contribution in [0.15, 0.2) is 42.5 Å². The van der Waals surface area contributed by atoms with E-state index in [2.05, 4.69) is 15.2 Å². The van der Waals surface area contributed by atoms with Crippen molar-refractivity contribution in [2.45, 2.75) is 37.8 Å². The van der Waals surface area contributed by atoms with Crippen LogP contribution in [0.25, 0.3) is 11.3 Å². The molecule has 2 saturated carbocycles. The Morgan fingerprint density at radius 1 is 1.21 bits per heavy atom. The van der Waals surface area contributed by atoms with E-state index in [1.165, 1.54) is 18.9 Å². The van der Waals surface area contributed by atoms with Crippen LogP contribution in [0.1, 0.15) is 25.7 Å². The van der Waals surface area contributed by atoms with E-state index < -0.39 is 10.9 Å². The third-order valence-electron chi connectivity index (χ3n) is 5.63. The van der Waals surface area contributed by atoms with Crippen LogP contribution in [0.5, 0.6) is 0 Å². The summed E-state index contributed by atoms with van der Waals surface area (Å²) >= 11 is 0. The molecule has 8 heteroatoms. The monoisotopic (exact) mass is 396 g/mol. The normalized spacial score (nSPS) is 20.9. The van der Waals surface area contributed by atoms with Crippen LogP contribution >= 0.6 is 0 Å². The maximum atomic E-state index is 11.4. The van der Waals surface area contributed by atoms with E-state index in [1.54, 1.807) is 18.2 Å². The molecule has 8 nitrogen and oxygen atoms in total. The van der Waals surface area contributed by atoms with Gasteiger partial charge in [0.15, 0.2) is 5.69 Å². The summed E-state index contributed by atoms with van der Waals surface area (Å²) in [5, 5.41) is 23.9. The number of hydrogen-bond acceptors (Lipinski definition) is 6. The van der Waals surface area contributed by atoms with Crippen molar-refractivity contribution in [3.63, 3.8) is 0 Å². The first-order chi connectivity index (χ1) is 14.0. The molecule has 29 heavy (non-hydrogen) atoms. The van der Waals surface area contributed by atoms with Gasteiger partial charge in [-0.1, -0.05) is 30.3 Å². The maximum absolute atomic E-state index is 11.4. The lowest BCUT2D eigenvalue weighted by molar-refractivity contribution is -0.384. The van der Waals surface area contributed by atoms with Crippen LogP contribution < -0.4 is 5.32 Å². The van der Waals surface area contributed by atoms with Crippen molar-refractivity contribution in [1.29, 1.82) is 0 Å². The molecule has 4 rings (SSSR count). The molecule has 152 valence electrons. The van der Waals surface area contributed by atoms with Crippen LogP contribution in [0.2, 0.25) is 0 Å². The lowest BCUT2D eigenvalue weighted by Gasteiger charge is -2.43. The summed E-state index contributed by atoms with van der Waals surface area (Å²) in [6, 6.07) is 12.7. The largest absolute Gasteiger partial charge is 0.480 e. The van der Waals surface area contributed by atoms with E-state index in [9.17, 15) is 20.0 Å². The summed E-state index contributed by atoms with van der Waals surface area (Å²) in [6.07, 6.45) is 4.08. The molecular weight excluding hydrogens is 372 g/mol. The third-order valence-corrected chi connectivity index (χ3v) is 5.63. The van der Waals surface area contributed by atoms with Crippen molar-refractivity contribution in [2.75, 3.05) is 18.4 Å². The van der Waals surface area contributed by atoms with E-state index in [0.717, 1.165) is 19.4 Å². The van der Waals surface area contributed by atoms with Crippen molar-refractivity contribution in [2.24, 2.45) is 5.92 Å². The number of aliphatic carboxylic acids is 1. The predicted molar refractivity (Wildman–Crippen MR) is 109 cm³/mol. The van der Waals surface area contributed by atoms with Gasteiger partial charge in [-0.2, -0.15) is 0 Å². The van der Waals surface area contributed by atoms with E-state index in [4.69, 9.17) is 0 Å². The number of hydrogen-bond donors (Lipinski definition) is 2. The molecule has 0 radical (unpaired) electrons. The fraction of sp³-hybridized carbons (Fsp3) is 0.429. The molecule has 0 bridgehead atoms. The Morgan fingerprint density at radius 2 is 1.93 bits per heavy atom. The number of rotatable bonds is 9. The van der Waals surface area contributed by atoms with Crippen molar-refractivity contribution >= 4 is 17.5 Å². The van der Waals surface area contributed by atoms with Gasteiger partial charge in [-0.25, -0.2) is 4.98 Å². The molecule has 2 fully saturated rings. The zero-order valence-electron chi connectivity index (χ0n) is 16.0. The quantitative estimate of drug-likeness (QED) is 0.494. The van der Waals surface area contributed by atoms with E-state index >= 15 is 0 Å². The molecular formula is C21H24N4O4. The second-order valence-corrected chi connectivity index (χ2v) is 7.92. The maximum Gasteiger partial charge on any atom is 0.317 e. The van der Waals surface area contributed by atoms with Gasteiger partial charge in [0.2, 0.25) is 0 Å². The molecule has 2 aliphatic carbocycles. The molecule has 1 heterocycles. The van der Waals surface area contributed by atoms with Gasteiger partial charge in [0.25, 0.3) is 5.69 Å². The highest BCUT2D eigenvalue weighted by molar-refractivity contribution is 5.71. The van der Waals surface area contributed by atoms with E-state index in [-0.39, 0.29) is 24.3 Å². The second kappa shape index (κ2) is 8.16. The summed E-state index contributed by atoms with van der Waals surface area (Å²) in [7, 11) is 0. The topological polar surface area (TPSA) is 109 Å². The highest BCUT2D eigenvalue weighted by atomic mass is 16.6. The lowest BCUT2D eigenvalue weighted by atomic mass is 9.85. The first-order valence-corrected chi connectivity index (χ1v) is 9.93. The Kier molecular flexibility index (Phi) is 5.44. The van der Waals surface area contributed by atoms with Gasteiger partial charge in [-0.05, 0) is 37.7 Å². The number of nitrogens with one attached hydrogen (secondary N) is 1. The predicted octanol–water partition coefficient (Wildman–Crippen LogP) is 3.40. The average molecular weight is 396 g/mol. The van der Waals surface area contributed by atoms with Gasteiger partial charge < -0.3 is 10.4 Å². The molecule has 0 unspecified atom stereocenters. The number of nitro groups is 1. The number of carboxylic acid groups (broad SMARTS) is 1. The molecule has 0 saturated heterocycles. The van der Waals surface area contributed by atoms with Crippen molar-refractivity contribution < 1.29 is 14.8 Å². The van der Waals surface area contributed by atoms with E-state index in [0.29, 0.717) is 23.0 Å². The fourth-order valence-corrected chi connectivity index (χ4v) is 3.85. The van der Waals surface area contributed by atoms with Crippen molar-refractivity contribution in [3.05, 3.63) is 52.6 Å². The number of nitrogens with zero attached hydrogens (tertiary/aromatic N) is 3. The molecule has 0 amide bonds. The Hall–Kier alpha value is -3.00. The van der Waals surface area contributed by atoms with Gasteiger partial charge in [0.1, 0.15) is 5.82 Å². The lowest BCUT2D eigenvalue weighted by Crippen LogP contribution is -2.52. The Bertz CT molecular complexity index is 895. The first-order valence-electron chi connectivity index (χ1n) is 9.93. The minimum atomic E-state index is -0.786. The molecule has 0 atom stereocenters. The Labute approximate surface area is 168 Å². The van der Waals surface area contributed by atoms with Crippen LogP contribution in [-0.2, 0) is 4.79 Å². The van der Waals surface area contributed by atoms with Crippen LogP contribution in [0.3, 0.4) is 0 Å². The Balaban J connectivity index is 1.42. The molecule has 1 aromatic carbocycles. The van der Waals surface area contributed by atoms with Gasteiger partial charge in [0.05, 0.1) is 11.5 Å². The molecule has 0 aliphatic heterocycles. The number of aromatic nitrogens is 1. The number of anilines is 1. The SMILES string of the molecule is O=C(O)CN(CC1CC1)C1CC(Nc2ccc([N+](=O)[O-])c(-c3ccccc3)n2)C1. The zero-order chi connectivity index (χ0) is 20.4. The summed E-state index contributed by atoms with van der Waals surface area (Å²) in [4.78, 5) is 28.7. The second-order valence-electron chi connectivity index (χ2n) is 7.92. The number of carbonyl (C=O) groups is 1. The minimum Gasteiger partial charge on any atom is -0.480 e. The number of pyridine rings is 1. The van der Waals surface area contributed by atoms with Gasteiger partial charge in [0, 0.05) is 30.3 Å². The highest BCUT2D eigenvalue weighted by Crippen LogP contribution is 2.35. The van der Waals surface area contributed by atoms with Crippen molar-refractivity contribution in [1.82, 2.24) is 9.88 Å². The van der Waals surface area contributed by atoms with Gasteiger partial charge in [-0.3, -0.25) is 19.8 Å². The third kappa shape index (κ3) is 4.71. The number of carboxylic acids is 1. The molecule has 2 N–H and O–H groups in total. The minimum absolute atomic E-state index is 0.0229. The fourth-order valence-electron chi connectivity index (χ4n) is 3.85. The van der Waals surface area contributed by atoms with E-state index in [1.807, 2.05) is 18.2 Å². The summed E-state index contributed by atoms with van der Waals surface area (Å²) in [5.74, 6) is 0.461. The van der Waals surface area contributed by atoms with Crippen molar-refractivity contribution in [3.8, 4) is 11.3 Å². The summed E-state index contributed by atoms with van der Waals surface area (Å²) < 4.78 is 0. The van der Waals surface area contributed by atoms with Crippen LogP contribution in [0.4, 0.5) is 11.5 Å². The van der Waals surface area contributed by atoms with Gasteiger partial charge in [-0.15, -0.1) is 0 Å². The van der Waals surface area contributed by atoms with Crippen LogP contribution in [0, 0.1) is 16.0 Å². The van der Waals surface area contributed by atoms with Crippen LogP contribution in [-0.4, -0.2) is 51.1 Å². The summed E-state index contributed by atoms with van der Waals surface area (Å²) in [6.45, 7) is 0.944. The molecule has 2 aliphatic rings. The first kappa shape index (κ1) is 19.3. The number of benzene rings is 1. The standard InChI is InChI=1S/C21H24N4O4/c26-20(27)13-24(12-14-6-7-14)17-10-16(11-17)22-19-9-8-18(25(28)29)21(23-19)15-4-2-1-3-5-15/h1-5,8-9,14,16-17H,6-7,10-13H2,(H,22,23)(H,26,27). The molecule has 2 aromatic rings. The van der Waals surface area contributed by atoms with Gasteiger partial charge >= 0.3 is 5.97 Å². The zero-order valence-corrected chi connectivity index (χ0v) is 16.0. The Morgan fingerprint density at radius 3 is 2.55 bits per heavy atom. The highest BCUT2D eigenvalue weighted by Gasteiger charge is 2.37. The smallest absolute Gasteiger partial charge is 0.317 e. The molecule has 1 aromatic heterocycles. The summed E-state index contributed by atoms with van der Waals surface area (Å²) in [5.41, 5.74) is 1.02. The average Bonchev–Trinajstić information content (AvgIpc) is 3.48.